The van der Waals surface area contributed by atoms with Gasteiger partial charge in [-0.2, -0.15) is 20.1 Å². The SMILES string of the molecule is O=c1c2cnn(-c3ccc(Cl)cc3)c2ncn1CC1(O)CCN(Cc2ccc(-n3nccn3)cc2)CC1. The number of piperidine rings is 1. The third kappa shape index (κ3) is 4.78. The zero-order chi connectivity index (χ0) is 25.4. The van der Waals surface area contributed by atoms with E-state index in [-0.39, 0.29) is 12.1 Å². The van der Waals surface area contributed by atoms with Crippen LogP contribution < -0.4 is 5.56 Å². The van der Waals surface area contributed by atoms with Gasteiger partial charge in [0.2, 0.25) is 0 Å². The van der Waals surface area contributed by atoms with Gasteiger partial charge < -0.3 is 5.11 Å². The second-order valence-electron chi connectivity index (χ2n) is 9.43. The van der Waals surface area contributed by atoms with Gasteiger partial charge in [0, 0.05) is 24.7 Å². The zero-order valence-corrected chi connectivity index (χ0v) is 20.7. The summed E-state index contributed by atoms with van der Waals surface area (Å²) >= 11 is 5.99. The van der Waals surface area contributed by atoms with Gasteiger partial charge in [0.25, 0.3) is 5.56 Å². The lowest BCUT2D eigenvalue weighted by Crippen LogP contribution is -2.47. The molecule has 3 aromatic heterocycles. The van der Waals surface area contributed by atoms with Crippen LogP contribution in [-0.2, 0) is 13.1 Å². The maximum Gasteiger partial charge on any atom is 0.264 e. The summed E-state index contributed by atoms with van der Waals surface area (Å²) in [6, 6.07) is 15.3. The molecule has 1 fully saturated rings. The molecule has 1 N–H and O–H groups in total. The monoisotopic (exact) mass is 516 g/mol. The van der Waals surface area contributed by atoms with Crippen LogP contribution in [0.1, 0.15) is 18.4 Å². The molecule has 0 atom stereocenters. The summed E-state index contributed by atoms with van der Waals surface area (Å²) in [5.41, 5.74) is 2.15. The maximum atomic E-state index is 13.2. The first kappa shape index (κ1) is 23.5. The van der Waals surface area contributed by atoms with E-state index in [9.17, 15) is 9.90 Å². The van der Waals surface area contributed by atoms with Crippen molar-refractivity contribution in [2.75, 3.05) is 13.1 Å². The number of aromatic nitrogens is 7. The van der Waals surface area contributed by atoms with Crippen LogP contribution in [-0.4, -0.2) is 63.0 Å². The fraction of sp³-hybridized carbons (Fsp3) is 0.269. The van der Waals surface area contributed by atoms with E-state index in [1.165, 1.54) is 22.7 Å². The van der Waals surface area contributed by atoms with Gasteiger partial charge in [0.1, 0.15) is 11.7 Å². The molecule has 5 aromatic rings. The normalized spacial score (nSPS) is 15.8. The Morgan fingerprint density at radius 2 is 1.59 bits per heavy atom. The number of rotatable bonds is 6. The summed E-state index contributed by atoms with van der Waals surface area (Å²) in [4.78, 5) is 21.6. The molecule has 1 saturated heterocycles. The van der Waals surface area contributed by atoms with Gasteiger partial charge in [0.15, 0.2) is 5.65 Å². The molecular weight excluding hydrogens is 492 g/mol. The molecule has 10 nitrogen and oxygen atoms in total. The number of aliphatic hydroxyl groups is 1. The highest BCUT2D eigenvalue weighted by atomic mass is 35.5. The molecule has 4 heterocycles. The zero-order valence-electron chi connectivity index (χ0n) is 20.0. The first-order chi connectivity index (χ1) is 18.0. The smallest absolute Gasteiger partial charge is 0.264 e. The van der Waals surface area contributed by atoms with E-state index >= 15 is 0 Å². The standard InChI is InChI=1S/C26H25ClN8O2/c27-20-3-7-21(8-4-20)34-24-23(15-31-34)25(36)33(18-28-24)17-26(37)9-13-32(14-10-26)16-19-1-5-22(6-2-19)35-29-11-12-30-35/h1-8,11-12,15,18,37H,9-10,13-14,16-17H2. The third-order valence-electron chi connectivity index (χ3n) is 6.87. The van der Waals surface area contributed by atoms with E-state index < -0.39 is 5.60 Å². The van der Waals surface area contributed by atoms with Crippen LogP contribution >= 0.6 is 11.6 Å². The summed E-state index contributed by atoms with van der Waals surface area (Å²) in [6.07, 6.45) is 7.46. The highest BCUT2D eigenvalue weighted by Gasteiger charge is 2.33. The summed E-state index contributed by atoms with van der Waals surface area (Å²) in [6.45, 7) is 2.45. The predicted octanol–water partition coefficient (Wildman–Crippen LogP) is 2.84. The summed E-state index contributed by atoms with van der Waals surface area (Å²) in [5.74, 6) is 0. The lowest BCUT2D eigenvalue weighted by molar-refractivity contribution is -0.0364. The fourth-order valence-corrected chi connectivity index (χ4v) is 4.90. The molecule has 11 heteroatoms. The third-order valence-corrected chi connectivity index (χ3v) is 7.12. The van der Waals surface area contributed by atoms with Crippen molar-refractivity contribution in [3.05, 3.63) is 94.4 Å². The first-order valence-corrected chi connectivity index (χ1v) is 12.4. The first-order valence-electron chi connectivity index (χ1n) is 12.1. The van der Waals surface area contributed by atoms with Crippen LogP contribution in [0.3, 0.4) is 0 Å². The Kier molecular flexibility index (Phi) is 6.07. The minimum Gasteiger partial charge on any atom is -0.388 e. The number of hydrogen-bond acceptors (Lipinski definition) is 7. The molecule has 0 unspecified atom stereocenters. The summed E-state index contributed by atoms with van der Waals surface area (Å²) in [5, 5.41) is 25.0. The molecule has 188 valence electrons. The molecule has 1 aliphatic heterocycles. The van der Waals surface area contributed by atoms with Crippen LogP contribution in [0.25, 0.3) is 22.4 Å². The van der Waals surface area contributed by atoms with Crippen molar-refractivity contribution in [2.24, 2.45) is 0 Å². The predicted molar refractivity (Wildman–Crippen MR) is 139 cm³/mol. The molecule has 6 rings (SSSR count). The largest absolute Gasteiger partial charge is 0.388 e. The van der Waals surface area contributed by atoms with Crippen molar-refractivity contribution in [3.8, 4) is 11.4 Å². The molecule has 0 aliphatic carbocycles. The van der Waals surface area contributed by atoms with Crippen LogP contribution in [0.2, 0.25) is 5.02 Å². The molecule has 2 aromatic carbocycles. The number of nitrogens with zero attached hydrogens (tertiary/aromatic N) is 8. The van der Waals surface area contributed by atoms with Gasteiger partial charge in [-0.15, -0.1) is 0 Å². The molecular formula is C26H25ClN8O2. The van der Waals surface area contributed by atoms with Crippen molar-refractivity contribution >= 4 is 22.6 Å². The number of likely N-dealkylation sites (tertiary alicyclic amines) is 1. The second-order valence-corrected chi connectivity index (χ2v) is 9.87. The maximum absolute atomic E-state index is 13.2. The summed E-state index contributed by atoms with van der Waals surface area (Å²) < 4.78 is 3.11. The Balaban J connectivity index is 1.11. The van der Waals surface area contributed by atoms with Gasteiger partial charge in [-0.05, 0) is 54.8 Å². The van der Waals surface area contributed by atoms with Crippen LogP contribution in [0.4, 0.5) is 0 Å². The fourth-order valence-electron chi connectivity index (χ4n) is 4.78. The average molecular weight is 517 g/mol. The van der Waals surface area contributed by atoms with E-state index in [4.69, 9.17) is 11.6 Å². The van der Waals surface area contributed by atoms with E-state index in [1.807, 2.05) is 24.3 Å². The highest BCUT2D eigenvalue weighted by Crippen LogP contribution is 2.25. The van der Waals surface area contributed by atoms with E-state index in [1.54, 1.807) is 34.0 Å². The molecule has 0 radical (unpaired) electrons. The molecule has 0 bridgehead atoms. The van der Waals surface area contributed by atoms with Crippen LogP contribution in [0, 0.1) is 0 Å². The number of fused-ring (bicyclic) bond motifs is 1. The average Bonchev–Trinajstić information content (AvgIpc) is 3.59. The van der Waals surface area contributed by atoms with E-state index in [0.717, 1.165) is 31.0 Å². The molecule has 0 spiro atoms. The van der Waals surface area contributed by atoms with Gasteiger partial charge in [0.05, 0.1) is 42.1 Å². The van der Waals surface area contributed by atoms with Crippen molar-refractivity contribution in [3.63, 3.8) is 0 Å². The van der Waals surface area contributed by atoms with Gasteiger partial charge in [-0.3, -0.25) is 14.3 Å². The number of halogens is 1. The molecule has 0 saturated carbocycles. The topological polar surface area (TPSA) is 107 Å². The Morgan fingerprint density at radius 3 is 2.30 bits per heavy atom. The summed E-state index contributed by atoms with van der Waals surface area (Å²) in [7, 11) is 0. The van der Waals surface area contributed by atoms with Gasteiger partial charge in [-0.25, -0.2) is 9.67 Å². The van der Waals surface area contributed by atoms with Crippen molar-refractivity contribution in [2.45, 2.75) is 31.5 Å². The Bertz CT molecular complexity index is 1570. The van der Waals surface area contributed by atoms with E-state index in [0.29, 0.717) is 28.9 Å². The van der Waals surface area contributed by atoms with Crippen molar-refractivity contribution in [1.29, 1.82) is 0 Å². The lowest BCUT2D eigenvalue weighted by Gasteiger charge is -2.38. The van der Waals surface area contributed by atoms with Crippen molar-refractivity contribution < 1.29 is 5.11 Å². The Labute approximate surface area is 217 Å². The molecule has 37 heavy (non-hydrogen) atoms. The highest BCUT2D eigenvalue weighted by molar-refractivity contribution is 6.30. The Hall–Kier alpha value is -3.86. The van der Waals surface area contributed by atoms with Gasteiger partial charge in [-0.1, -0.05) is 23.7 Å². The molecule has 1 aliphatic rings. The minimum atomic E-state index is -0.975. The van der Waals surface area contributed by atoms with E-state index in [2.05, 4.69) is 37.3 Å². The van der Waals surface area contributed by atoms with Crippen LogP contribution in [0.15, 0.2) is 78.2 Å². The van der Waals surface area contributed by atoms with Gasteiger partial charge >= 0.3 is 0 Å². The number of benzene rings is 2. The minimum absolute atomic E-state index is 0.195. The number of hydrogen-bond donors (Lipinski definition) is 1. The molecule has 0 amide bonds. The second kappa shape index (κ2) is 9.55. The Morgan fingerprint density at radius 1 is 0.919 bits per heavy atom. The lowest BCUT2D eigenvalue weighted by atomic mass is 9.91. The quantitative estimate of drug-likeness (QED) is 0.370. The van der Waals surface area contributed by atoms with Crippen molar-refractivity contribution in [1.82, 2.24) is 39.2 Å². The van der Waals surface area contributed by atoms with Crippen LogP contribution in [0.5, 0.6) is 0 Å².